The van der Waals surface area contributed by atoms with E-state index >= 15 is 0 Å². The fourth-order valence-electron chi connectivity index (χ4n) is 2.46. The molecular weight excluding hydrogens is 293 g/mol. The smallest absolute Gasteiger partial charge is 0.194 e. The summed E-state index contributed by atoms with van der Waals surface area (Å²) in [6.45, 7) is 0. The maximum Gasteiger partial charge on any atom is 0.194 e. The molecular formula is C13H14BrF3. The van der Waals surface area contributed by atoms with Crippen LogP contribution < -0.4 is 0 Å². The largest absolute Gasteiger partial charge is 0.204 e. The van der Waals surface area contributed by atoms with Crippen LogP contribution in [0, 0.1) is 23.4 Å². The van der Waals surface area contributed by atoms with E-state index in [4.69, 9.17) is 0 Å². The van der Waals surface area contributed by atoms with E-state index in [2.05, 4.69) is 15.9 Å². The van der Waals surface area contributed by atoms with Crippen LogP contribution in [0.5, 0.6) is 0 Å². The molecule has 1 aliphatic carbocycles. The highest BCUT2D eigenvalue weighted by Crippen LogP contribution is 2.37. The molecule has 1 aromatic carbocycles. The zero-order valence-corrected chi connectivity index (χ0v) is 10.9. The van der Waals surface area contributed by atoms with Crippen LogP contribution in [0.3, 0.4) is 0 Å². The molecule has 0 heterocycles. The first kappa shape index (κ1) is 12.9. The predicted molar refractivity (Wildman–Crippen MR) is 64.8 cm³/mol. The van der Waals surface area contributed by atoms with Gasteiger partial charge in [-0.1, -0.05) is 15.9 Å². The van der Waals surface area contributed by atoms with Gasteiger partial charge in [0.25, 0.3) is 0 Å². The normalized spacial score (nSPS) is 24.9. The summed E-state index contributed by atoms with van der Waals surface area (Å²) in [5.74, 6) is -2.72. The minimum Gasteiger partial charge on any atom is -0.204 e. The molecule has 0 aromatic heterocycles. The van der Waals surface area contributed by atoms with Gasteiger partial charge in [-0.2, -0.15) is 0 Å². The lowest BCUT2D eigenvalue weighted by atomic mass is 9.79. The minimum atomic E-state index is -1.37. The molecule has 0 unspecified atom stereocenters. The molecule has 4 heteroatoms. The molecule has 0 bridgehead atoms. The van der Waals surface area contributed by atoms with Crippen LogP contribution in [0.2, 0.25) is 0 Å². The summed E-state index contributed by atoms with van der Waals surface area (Å²) in [7, 11) is 0. The molecule has 94 valence electrons. The lowest BCUT2D eigenvalue weighted by Crippen LogP contribution is -2.14. The molecule has 1 fully saturated rings. The van der Waals surface area contributed by atoms with Crippen molar-refractivity contribution in [2.24, 2.45) is 5.92 Å². The first-order valence-electron chi connectivity index (χ1n) is 5.82. The Morgan fingerprint density at radius 2 is 1.53 bits per heavy atom. The third kappa shape index (κ3) is 2.84. The molecule has 0 spiro atoms. The fourth-order valence-corrected chi connectivity index (χ4v) is 3.11. The van der Waals surface area contributed by atoms with Crippen molar-refractivity contribution in [3.63, 3.8) is 0 Å². The first-order valence-corrected chi connectivity index (χ1v) is 6.94. The third-order valence-corrected chi connectivity index (χ3v) is 4.46. The monoisotopic (exact) mass is 306 g/mol. The number of halogens is 4. The maximum absolute atomic E-state index is 13.1. The molecule has 0 N–H and O–H groups in total. The SMILES string of the molecule is Fc1cc([C@H]2CC[C@H](CBr)CC2)cc(F)c1F. The Bertz CT molecular complexity index is 375. The second-order valence-electron chi connectivity index (χ2n) is 4.67. The summed E-state index contributed by atoms with van der Waals surface area (Å²) in [6.07, 6.45) is 3.94. The third-order valence-electron chi connectivity index (χ3n) is 3.54. The number of alkyl halides is 1. The average Bonchev–Trinajstić information content (AvgIpc) is 2.35. The van der Waals surface area contributed by atoms with Gasteiger partial charge in [-0.3, -0.25) is 0 Å². The van der Waals surface area contributed by atoms with Crippen molar-refractivity contribution in [1.29, 1.82) is 0 Å². The molecule has 1 aliphatic rings. The van der Waals surface area contributed by atoms with E-state index in [1.165, 1.54) is 0 Å². The van der Waals surface area contributed by atoms with Crippen molar-refractivity contribution < 1.29 is 13.2 Å². The number of benzene rings is 1. The summed E-state index contributed by atoms with van der Waals surface area (Å²) >= 11 is 3.45. The quantitative estimate of drug-likeness (QED) is 0.545. The molecule has 0 atom stereocenters. The Hall–Kier alpha value is -0.510. The summed E-state index contributed by atoms with van der Waals surface area (Å²) in [4.78, 5) is 0. The van der Waals surface area contributed by atoms with Gasteiger partial charge in [-0.25, -0.2) is 13.2 Å². The molecule has 1 aromatic rings. The number of hydrogen-bond acceptors (Lipinski definition) is 0. The highest BCUT2D eigenvalue weighted by Gasteiger charge is 2.23. The van der Waals surface area contributed by atoms with Gasteiger partial charge in [0, 0.05) is 5.33 Å². The zero-order valence-electron chi connectivity index (χ0n) is 9.36. The van der Waals surface area contributed by atoms with Gasteiger partial charge >= 0.3 is 0 Å². The van der Waals surface area contributed by atoms with E-state index in [0.717, 1.165) is 43.1 Å². The van der Waals surface area contributed by atoms with Crippen LogP contribution in [-0.4, -0.2) is 5.33 Å². The van der Waals surface area contributed by atoms with Gasteiger partial charge in [0.05, 0.1) is 0 Å². The molecule has 0 nitrogen and oxygen atoms in total. The van der Waals surface area contributed by atoms with Crippen LogP contribution in [0.15, 0.2) is 12.1 Å². The van der Waals surface area contributed by atoms with Crippen molar-refractivity contribution in [2.45, 2.75) is 31.6 Å². The van der Waals surface area contributed by atoms with Gasteiger partial charge < -0.3 is 0 Å². The van der Waals surface area contributed by atoms with Gasteiger partial charge in [-0.15, -0.1) is 0 Å². The van der Waals surface area contributed by atoms with Gasteiger partial charge in [0.15, 0.2) is 17.5 Å². The van der Waals surface area contributed by atoms with E-state index in [1.807, 2.05) is 0 Å². The lowest BCUT2D eigenvalue weighted by molar-refractivity contribution is 0.351. The highest BCUT2D eigenvalue weighted by molar-refractivity contribution is 9.09. The van der Waals surface area contributed by atoms with Gasteiger partial charge in [0.2, 0.25) is 0 Å². The Kier molecular flexibility index (Phi) is 4.13. The Morgan fingerprint density at radius 3 is 2.00 bits per heavy atom. The standard InChI is InChI=1S/C13H14BrF3/c14-7-8-1-3-9(4-2-8)10-5-11(15)13(17)12(16)6-10/h5-6,8-9H,1-4,7H2/t8-,9-. The molecule has 1 saturated carbocycles. The number of hydrogen-bond donors (Lipinski definition) is 0. The van der Waals surface area contributed by atoms with E-state index < -0.39 is 17.5 Å². The molecule has 2 rings (SSSR count). The van der Waals surface area contributed by atoms with Crippen molar-refractivity contribution in [3.05, 3.63) is 35.1 Å². The fraction of sp³-hybridized carbons (Fsp3) is 0.538. The van der Waals surface area contributed by atoms with Crippen molar-refractivity contribution in [3.8, 4) is 0 Å². The van der Waals surface area contributed by atoms with E-state index in [0.29, 0.717) is 11.5 Å². The van der Waals surface area contributed by atoms with Crippen LogP contribution in [0.25, 0.3) is 0 Å². The van der Waals surface area contributed by atoms with Crippen LogP contribution in [-0.2, 0) is 0 Å². The second kappa shape index (κ2) is 5.42. The summed E-state index contributed by atoms with van der Waals surface area (Å²) in [6, 6.07) is 2.27. The van der Waals surface area contributed by atoms with E-state index in [1.54, 1.807) is 0 Å². The summed E-state index contributed by atoms with van der Waals surface area (Å²) in [5, 5.41) is 0.978. The molecule has 0 saturated heterocycles. The average molecular weight is 307 g/mol. The van der Waals surface area contributed by atoms with E-state index in [9.17, 15) is 13.2 Å². The first-order chi connectivity index (χ1) is 8.11. The zero-order chi connectivity index (χ0) is 12.4. The van der Waals surface area contributed by atoms with Gasteiger partial charge in [-0.05, 0) is 55.2 Å². The Labute approximate surface area is 107 Å². The van der Waals surface area contributed by atoms with Crippen LogP contribution in [0.1, 0.15) is 37.2 Å². The minimum absolute atomic E-state index is 0.162. The highest BCUT2D eigenvalue weighted by atomic mass is 79.9. The van der Waals surface area contributed by atoms with Crippen molar-refractivity contribution in [2.75, 3.05) is 5.33 Å². The Balaban J connectivity index is 2.13. The molecule has 0 radical (unpaired) electrons. The topological polar surface area (TPSA) is 0 Å². The Morgan fingerprint density at radius 1 is 1.00 bits per heavy atom. The lowest BCUT2D eigenvalue weighted by Gasteiger charge is -2.27. The van der Waals surface area contributed by atoms with Crippen molar-refractivity contribution in [1.82, 2.24) is 0 Å². The van der Waals surface area contributed by atoms with Crippen LogP contribution in [0.4, 0.5) is 13.2 Å². The van der Waals surface area contributed by atoms with Crippen LogP contribution >= 0.6 is 15.9 Å². The predicted octanol–water partition coefficient (Wildman–Crippen LogP) is 4.77. The van der Waals surface area contributed by atoms with Crippen molar-refractivity contribution >= 4 is 15.9 Å². The molecule has 0 aliphatic heterocycles. The summed E-state index contributed by atoms with van der Waals surface area (Å²) < 4.78 is 39.1. The molecule has 17 heavy (non-hydrogen) atoms. The number of rotatable bonds is 2. The second-order valence-corrected chi connectivity index (χ2v) is 5.32. The maximum atomic E-state index is 13.1. The summed E-state index contributed by atoms with van der Waals surface area (Å²) in [5.41, 5.74) is 0.592. The van der Waals surface area contributed by atoms with E-state index in [-0.39, 0.29) is 5.92 Å². The van der Waals surface area contributed by atoms with Gasteiger partial charge in [0.1, 0.15) is 0 Å². The molecule has 0 amide bonds.